The summed E-state index contributed by atoms with van der Waals surface area (Å²) in [7, 11) is 4.13. The number of nitrogens with one attached hydrogen (secondary N) is 1. The molecule has 3 N–H and O–H groups in total. The summed E-state index contributed by atoms with van der Waals surface area (Å²) in [4.78, 5) is 10.5. The van der Waals surface area contributed by atoms with E-state index in [2.05, 4.69) is 41.3 Å². The van der Waals surface area contributed by atoms with E-state index in [4.69, 9.17) is 5.84 Å². The van der Waals surface area contributed by atoms with Crippen molar-refractivity contribution in [3.05, 3.63) is 11.9 Å². The van der Waals surface area contributed by atoms with E-state index in [1.807, 2.05) is 0 Å². The van der Waals surface area contributed by atoms with Crippen molar-refractivity contribution >= 4 is 17.6 Å². The molecular weight excluding hydrogens is 222 g/mol. The summed E-state index contributed by atoms with van der Waals surface area (Å²) in [5.41, 5.74) is 3.70. The van der Waals surface area contributed by atoms with E-state index in [9.17, 15) is 0 Å². The largest absolute Gasteiger partial charge is 0.309 e. The van der Waals surface area contributed by atoms with Gasteiger partial charge in [0.2, 0.25) is 0 Å². The summed E-state index contributed by atoms with van der Waals surface area (Å²) in [6, 6.07) is 0. The molecule has 0 amide bonds. The molecule has 1 rings (SSSR count). The van der Waals surface area contributed by atoms with Crippen LogP contribution in [0, 0.1) is 0 Å². The molecule has 0 fully saturated rings. The number of hydrogen-bond acceptors (Lipinski definition) is 6. The molecule has 90 valence electrons. The van der Waals surface area contributed by atoms with Gasteiger partial charge in [0.05, 0.1) is 0 Å². The minimum absolute atomic E-state index is 0.727. The third-order valence-electron chi connectivity index (χ3n) is 2.17. The molecule has 0 radical (unpaired) electrons. The van der Waals surface area contributed by atoms with E-state index in [-0.39, 0.29) is 0 Å². The lowest BCUT2D eigenvalue weighted by atomic mass is 10.2. The number of hydrogen-bond donors (Lipinski definition) is 2. The molecule has 1 heterocycles. The lowest BCUT2D eigenvalue weighted by Crippen LogP contribution is -2.15. The Bertz CT molecular complexity index is 329. The van der Waals surface area contributed by atoms with Gasteiger partial charge in [0, 0.05) is 17.9 Å². The molecule has 6 heteroatoms. The molecular formula is C10H19N5S. The molecule has 0 saturated carbocycles. The van der Waals surface area contributed by atoms with Gasteiger partial charge in [-0.05, 0) is 20.5 Å². The van der Waals surface area contributed by atoms with Crippen molar-refractivity contribution in [1.82, 2.24) is 14.9 Å². The Hall–Kier alpha value is -0.850. The van der Waals surface area contributed by atoms with Crippen LogP contribution in [0.2, 0.25) is 0 Å². The Balaban J connectivity index is 2.71. The Morgan fingerprint density at radius 1 is 1.44 bits per heavy atom. The fourth-order valence-electron chi connectivity index (χ4n) is 1.29. The monoisotopic (exact) mass is 241 g/mol. The van der Waals surface area contributed by atoms with Crippen LogP contribution in [-0.2, 0) is 6.42 Å². The maximum atomic E-state index is 5.41. The van der Waals surface area contributed by atoms with Crippen molar-refractivity contribution < 1.29 is 0 Å². The van der Waals surface area contributed by atoms with E-state index in [0.717, 1.165) is 35.1 Å². The van der Waals surface area contributed by atoms with Gasteiger partial charge >= 0.3 is 0 Å². The molecule has 5 nitrogen and oxygen atoms in total. The molecule has 0 atom stereocenters. The van der Waals surface area contributed by atoms with E-state index in [1.54, 1.807) is 18.1 Å². The van der Waals surface area contributed by atoms with Gasteiger partial charge in [0.25, 0.3) is 0 Å². The van der Waals surface area contributed by atoms with Crippen LogP contribution in [0.5, 0.6) is 0 Å². The minimum atomic E-state index is 0.727. The molecule has 1 aromatic rings. The van der Waals surface area contributed by atoms with Gasteiger partial charge in [-0.1, -0.05) is 6.92 Å². The maximum Gasteiger partial charge on any atom is 0.147 e. The average molecular weight is 241 g/mol. The first-order valence-corrected chi connectivity index (χ1v) is 6.25. The van der Waals surface area contributed by atoms with Crippen molar-refractivity contribution in [2.45, 2.75) is 18.4 Å². The van der Waals surface area contributed by atoms with Crippen molar-refractivity contribution in [3.8, 4) is 0 Å². The zero-order valence-corrected chi connectivity index (χ0v) is 10.8. The van der Waals surface area contributed by atoms with Gasteiger partial charge in [0.15, 0.2) is 0 Å². The summed E-state index contributed by atoms with van der Waals surface area (Å²) < 4.78 is 0. The zero-order chi connectivity index (χ0) is 12.0. The first-order valence-electron chi connectivity index (χ1n) is 5.27. The van der Waals surface area contributed by atoms with E-state index in [0.29, 0.717) is 0 Å². The van der Waals surface area contributed by atoms with Crippen LogP contribution in [0.1, 0.15) is 12.5 Å². The molecule has 0 aliphatic rings. The lowest BCUT2D eigenvalue weighted by Gasteiger charge is -2.12. The van der Waals surface area contributed by atoms with Crippen LogP contribution in [0.15, 0.2) is 11.4 Å². The number of nitrogen functional groups attached to an aromatic ring is 1. The van der Waals surface area contributed by atoms with Crippen LogP contribution in [0.25, 0.3) is 0 Å². The van der Waals surface area contributed by atoms with Crippen LogP contribution >= 0.6 is 11.8 Å². The van der Waals surface area contributed by atoms with Crippen molar-refractivity contribution in [2.75, 3.05) is 31.8 Å². The second-order valence-electron chi connectivity index (χ2n) is 3.66. The highest BCUT2D eigenvalue weighted by Gasteiger charge is 2.09. The molecule has 0 aliphatic carbocycles. The predicted molar refractivity (Wildman–Crippen MR) is 68.5 cm³/mol. The fourth-order valence-corrected chi connectivity index (χ4v) is 2.48. The van der Waals surface area contributed by atoms with Gasteiger partial charge in [0.1, 0.15) is 17.2 Å². The van der Waals surface area contributed by atoms with Crippen molar-refractivity contribution in [2.24, 2.45) is 5.84 Å². The summed E-state index contributed by atoms with van der Waals surface area (Å²) >= 11 is 1.74. The molecule has 0 unspecified atom stereocenters. The predicted octanol–water partition coefficient (Wildman–Crippen LogP) is 0.978. The average Bonchev–Trinajstić information content (AvgIpc) is 2.28. The van der Waals surface area contributed by atoms with Crippen LogP contribution < -0.4 is 11.3 Å². The third kappa shape index (κ3) is 3.62. The topological polar surface area (TPSA) is 67.1 Å². The Labute approximate surface area is 101 Å². The van der Waals surface area contributed by atoms with Crippen LogP contribution in [0.4, 0.5) is 5.82 Å². The lowest BCUT2D eigenvalue weighted by molar-refractivity contribution is 0.437. The highest BCUT2D eigenvalue weighted by atomic mass is 32.2. The highest BCUT2D eigenvalue weighted by Crippen LogP contribution is 2.24. The number of aromatic nitrogens is 2. The summed E-state index contributed by atoms with van der Waals surface area (Å²) in [5, 5.41) is 1.02. The summed E-state index contributed by atoms with van der Waals surface area (Å²) in [6.45, 7) is 3.11. The Morgan fingerprint density at radius 2 is 2.19 bits per heavy atom. The number of hydrazine groups is 1. The van der Waals surface area contributed by atoms with E-state index >= 15 is 0 Å². The number of nitrogens with two attached hydrogens (primary N) is 1. The highest BCUT2D eigenvalue weighted by molar-refractivity contribution is 7.99. The summed E-state index contributed by atoms with van der Waals surface area (Å²) in [5.74, 6) is 7.16. The number of nitrogens with zero attached hydrogens (tertiary/aromatic N) is 3. The first kappa shape index (κ1) is 13.2. The van der Waals surface area contributed by atoms with Gasteiger partial charge in [-0.15, -0.1) is 11.8 Å². The summed E-state index contributed by atoms with van der Waals surface area (Å²) in [6.07, 6.45) is 2.43. The standard InChI is InChI=1S/C10H19N5S/c1-4-8-9(14-11)12-7-13-10(8)16-6-5-15(2)3/h7H,4-6,11H2,1-3H3,(H,12,13,14). The van der Waals surface area contributed by atoms with Crippen molar-refractivity contribution in [1.29, 1.82) is 0 Å². The quantitative estimate of drug-likeness (QED) is 0.335. The van der Waals surface area contributed by atoms with Gasteiger partial charge in [-0.25, -0.2) is 15.8 Å². The minimum Gasteiger partial charge on any atom is -0.309 e. The second-order valence-corrected chi connectivity index (χ2v) is 4.74. The molecule has 0 aromatic carbocycles. The second kappa shape index (κ2) is 6.67. The van der Waals surface area contributed by atoms with Crippen molar-refractivity contribution in [3.63, 3.8) is 0 Å². The normalized spacial score (nSPS) is 10.8. The maximum absolute atomic E-state index is 5.41. The molecule has 0 saturated heterocycles. The van der Waals surface area contributed by atoms with Crippen LogP contribution in [-0.4, -0.2) is 41.3 Å². The number of thioether (sulfide) groups is 1. The zero-order valence-electron chi connectivity index (χ0n) is 10.0. The molecule has 16 heavy (non-hydrogen) atoms. The molecule has 0 spiro atoms. The smallest absolute Gasteiger partial charge is 0.147 e. The van der Waals surface area contributed by atoms with Gasteiger partial charge in [-0.3, -0.25) is 0 Å². The Morgan fingerprint density at radius 3 is 2.75 bits per heavy atom. The number of rotatable bonds is 6. The Kier molecular flexibility index (Phi) is 5.51. The molecule has 0 bridgehead atoms. The fraction of sp³-hybridized carbons (Fsp3) is 0.600. The number of anilines is 1. The van der Waals surface area contributed by atoms with Crippen LogP contribution in [0.3, 0.4) is 0 Å². The van der Waals surface area contributed by atoms with E-state index in [1.165, 1.54) is 0 Å². The first-order chi connectivity index (χ1) is 7.69. The SMILES string of the molecule is CCc1c(NN)ncnc1SCCN(C)C. The van der Waals surface area contributed by atoms with Gasteiger partial charge < -0.3 is 10.3 Å². The third-order valence-corrected chi connectivity index (χ3v) is 3.19. The van der Waals surface area contributed by atoms with E-state index < -0.39 is 0 Å². The van der Waals surface area contributed by atoms with Gasteiger partial charge in [-0.2, -0.15) is 0 Å². The molecule has 0 aliphatic heterocycles. The molecule has 1 aromatic heterocycles.